The summed E-state index contributed by atoms with van der Waals surface area (Å²) in [5.41, 5.74) is 2.12. The predicted octanol–water partition coefficient (Wildman–Crippen LogP) is 5.81. The molecule has 0 aliphatic carbocycles. The number of nitrogens with zero attached hydrogens (tertiary/aromatic N) is 4. The summed E-state index contributed by atoms with van der Waals surface area (Å²) in [7, 11) is 0. The number of pyridine rings is 1. The first-order valence-corrected chi connectivity index (χ1v) is 9.32. The summed E-state index contributed by atoms with van der Waals surface area (Å²) in [5.74, 6) is 1.09. The number of halogens is 3. The molecule has 138 valence electrons. The predicted molar refractivity (Wildman–Crippen MR) is 109 cm³/mol. The summed E-state index contributed by atoms with van der Waals surface area (Å²) in [4.78, 5) is 0. The first-order valence-electron chi connectivity index (χ1n) is 8.19. The first-order chi connectivity index (χ1) is 13.6. The van der Waals surface area contributed by atoms with Gasteiger partial charge in [-0.3, -0.25) is 4.40 Å². The van der Waals surface area contributed by atoms with Crippen LogP contribution in [0.4, 0.5) is 0 Å². The fourth-order valence-electron chi connectivity index (χ4n) is 2.77. The molecule has 0 unspecified atom stereocenters. The minimum atomic E-state index is 0.0561. The van der Waals surface area contributed by atoms with E-state index in [2.05, 4.69) is 10.2 Å². The van der Waals surface area contributed by atoms with Crippen molar-refractivity contribution < 1.29 is 4.74 Å². The van der Waals surface area contributed by atoms with Crippen molar-refractivity contribution in [1.82, 2.24) is 14.6 Å². The lowest BCUT2D eigenvalue weighted by Crippen LogP contribution is -1.98. The molecular formula is C20H11Cl3N4O. The van der Waals surface area contributed by atoms with Gasteiger partial charge in [0.05, 0.1) is 5.02 Å². The Bertz CT molecular complexity index is 1220. The number of fused-ring (bicyclic) bond motifs is 1. The van der Waals surface area contributed by atoms with Gasteiger partial charge in [0.25, 0.3) is 0 Å². The van der Waals surface area contributed by atoms with E-state index in [1.165, 1.54) is 4.40 Å². The molecule has 5 nitrogen and oxygen atoms in total. The summed E-state index contributed by atoms with van der Waals surface area (Å²) in [6.45, 7) is 0.436. The van der Waals surface area contributed by atoms with Gasteiger partial charge in [-0.2, -0.15) is 5.26 Å². The molecule has 0 aliphatic rings. The molecule has 2 aromatic carbocycles. The molecule has 0 saturated heterocycles. The van der Waals surface area contributed by atoms with E-state index in [0.29, 0.717) is 23.7 Å². The highest BCUT2D eigenvalue weighted by molar-refractivity contribution is 6.46. The quantitative estimate of drug-likeness (QED) is 0.384. The summed E-state index contributed by atoms with van der Waals surface area (Å²) in [6.07, 6.45) is 0. The van der Waals surface area contributed by atoms with Crippen LogP contribution in [0.1, 0.15) is 11.1 Å². The Hall–Kier alpha value is -2.78. The van der Waals surface area contributed by atoms with Gasteiger partial charge in [0.15, 0.2) is 11.5 Å². The molecule has 0 N–H and O–H groups in total. The van der Waals surface area contributed by atoms with Crippen molar-refractivity contribution in [3.63, 3.8) is 0 Å². The van der Waals surface area contributed by atoms with Gasteiger partial charge in [0.2, 0.25) is 0 Å². The van der Waals surface area contributed by atoms with Gasteiger partial charge in [-0.15, -0.1) is 10.2 Å². The first kappa shape index (κ1) is 18.6. The van der Waals surface area contributed by atoms with Crippen LogP contribution in [-0.2, 0) is 6.61 Å². The minimum Gasteiger partial charge on any atom is -0.489 e. The zero-order valence-electron chi connectivity index (χ0n) is 14.2. The second-order valence-corrected chi connectivity index (χ2v) is 7.00. The summed E-state index contributed by atoms with van der Waals surface area (Å²) < 4.78 is 7.38. The number of nitriles is 1. The lowest BCUT2D eigenvalue weighted by molar-refractivity contribution is 0.306. The van der Waals surface area contributed by atoms with Crippen LogP contribution in [0.25, 0.3) is 17.0 Å². The van der Waals surface area contributed by atoms with Crippen molar-refractivity contribution in [2.24, 2.45) is 0 Å². The zero-order valence-corrected chi connectivity index (χ0v) is 16.5. The van der Waals surface area contributed by atoms with E-state index in [-0.39, 0.29) is 26.4 Å². The molecule has 28 heavy (non-hydrogen) atoms. The Morgan fingerprint density at radius 3 is 2.50 bits per heavy atom. The molecule has 0 spiro atoms. The summed E-state index contributed by atoms with van der Waals surface area (Å²) in [5, 5.41) is 17.9. The second kappa shape index (κ2) is 7.69. The van der Waals surface area contributed by atoms with Gasteiger partial charge in [-0.25, -0.2) is 0 Å². The maximum atomic E-state index is 9.35. The average Bonchev–Trinajstić information content (AvgIpc) is 3.18. The van der Waals surface area contributed by atoms with Crippen molar-refractivity contribution in [3.8, 4) is 23.2 Å². The molecule has 2 aromatic heterocycles. The highest BCUT2D eigenvalue weighted by Crippen LogP contribution is 2.36. The maximum Gasteiger partial charge on any atom is 0.182 e. The molecule has 0 saturated carbocycles. The average molecular weight is 430 g/mol. The van der Waals surface area contributed by atoms with Gasteiger partial charge in [0, 0.05) is 5.56 Å². The second-order valence-electron chi connectivity index (χ2n) is 5.89. The van der Waals surface area contributed by atoms with Crippen LogP contribution in [0.3, 0.4) is 0 Å². The van der Waals surface area contributed by atoms with E-state index in [0.717, 1.165) is 5.56 Å². The van der Waals surface area contributed by atoms with Crippen molar-refractivity contribution >= 4 is 40.4 Å². The third kappa shape index (κ3) is 3.27. The van der Waals surface area contributed by atoms with Crippen molar-refractivity contribution in [2.75, 3.05) is 0 Å². The fourth-order valence-corrected chi connectivity index (χ4v) is 3.55. The fraction of sp³-hybridized carbons (Fsp3) is 0.0500. The Labute approximate surface area is 175 Å². The van der Waals surface area contributed by atoms with E-state index in [9.17, 15) is 5.26 Å². The topological polar surface area (TPSA) is 63.2 Å². The number of rotatable bonds is 4. The van der Waals surface area contributed by atoms with E-state index >= 15 is 0 Å². The molecule has 2 heterocycles. The van der Waals surface area contributed by atoms with Gasteiger partial charge >= 0.3 is 0 Å². The largest absolute Gasteiger partial charge is 0.489 e. The molecule has 0 bridgehead atoms. The molecule has 4 aromatic rings. The zero-order chi connectivity index (χ0) is 19.7. The SMILES string of the molecule is N#Cc1c(Cl)c(Cl)c2nnc(-c3cccc(OCc4ccccc4)c3)n2c1Cl. The lowest BCUT2D eigenvalue weighted by Gasteiger charge is -2.09. The summed E-state index contributed by atoms with van der Waals surface area (Å²) >= 11 is 18.7. The van der Waals surface area contributed by atoms with Crippen LogP contribution >= 0.6 is 34.8 Å². The van der Waals surface area contributed by atoms with Gasteiger partial charge < -0.3 is 4.74 Å². The van der Waals surface area contributed by atoms with Crippen LogP contribution in [0.15, 0.2) is 54.6 Å². The van der Waals surface area contributed by atoms with Gasteiger partial charge in [-0.1, -0.05) is 77.3 Å². The van der Waals surface area contributed by atoms with Crippen LogP contribution in [-0.4, -0.2) is 14.6 Å². The smallest absolute Gasteiger partial charge is 0.182 e. The van der Waals surface area contributed by atoms with E-state index < -0.39 is 0 Å². The Balaban J connectivity index is 1.75. The number of hydrogen-bond donors (Lipinski definition) is 0. The van der Waals surface area contributed by atoms with Crippen LogP contribution in [0, 0.1) is 11.3 Å². The third-order valence-corrected chi connectivity index (χ3v) is 5.32. The van der Waals surface area contributed by atoms with Crippen molar-refractivity contribution in [3.05, 3.63) is 80.9 Å². The van der Waals surface area contributed by atoms with Crippen LogP contribution in [0.2, 0.25) is 15.2 Å². The highest BCUT2D eigenvalue weighted by Gasteiger charge is 2.21. The molecule has 0 atom stereocenters. The molecule has 0 fully saturated rings. The highest BCUT2D eigenvalue weighted by atomic mass is 35.5. The Kier molecular flexibility index (Phi) is 5.10. The number of aromatic nitrogens is 3. The maximum absolute atomic E-state index is 9.35. The molecule has 0 aliphatic heterocycles. The Morgan fingerprint density at radius 2 is 1.75 bits per heavy atom. The number of ether oxygens (including phenoxy) is 1. The van der Waals surface area contributed by atoms with Gasteiger partial charge in [0.1, 0.15) is 34.2 Å². The summed E-state index contributed by atoms with van der Waals surface area (Å²) in [6, 6.07) is 19.2. The molecule has 8 heteroatoms. The van der Waals surface area contributed by atoms with E-state index in [4.69, 9.17) is 39.5 Å². The molecule has 0 radical (unpaired) electrons. The minimum absolute atomic E-state index is 0.0561. The van der Waals surface area contributed by atoms with Crippen molar-refractivity contribution in [2.45, 2.75) is 6.61 Å². The van der Waals surface area contributed by atoms with Crippen LogP contribution in [0.5, 0.6) is 5.75 Å². The number of hydrogen-bond acceptors (Lipinski definition) is 4. The van der Waals surface area contributed by atoms with E-state index in [1.807, 2.05) is 60.7 Å². The lowest BCUT2D eigenvalue weighted by atomic mass is 10.2. The monoisotopic (exact) mass is 428 g/mol. The number of benzene rings is 2. The standard InChI is InChI=1S/C20H11Cl3N4O/c21-16-15(10-24)18(23)27-19(25-26-20(27)17(16)22)13-7-4-8-14(9-13)28-11-12-5-2-1-3-6-12/h1-9H,11H2. The Morgan fingerprint density at radius 1 is 0.964 bits per heavy atom. The van der Waals surface area contributed by atoms with Crippen LogP contribution < -0.4 is 4.74 Å². The third-order valence-electron chi connectivity index (χ3n) is 4.13. The van der Waals surface area contributed by atoms with Crippen molar-refractivity contribution in [1.29, 1.82) is 5.26 Å². The van der Waals surface area contributed by atoms with Gasteiger partial charge in [-0.05, 0) is 17.7 Å². The normalized spacial score (nSPS) is 10.8. The molecule has 4 rings (SSSR count). The molecular weight excluding hydrogens is 419 g/mol. The molecule has 0 amide bonds. The van der Waals surface area contributed by atoms with E-state index in [1.54, 1.807) is 0 Å².